The van der Waals surface area contributed by atoms with Crippen molar-refractivity contribution in [2.24, 2.45) is 5.10 Å². The van der Waals surface area contributed by atoms with Crippen LogP contribution in [0.1, 0.15) is 6.92 Å². The van der Waals surface area contributed by atoms with E-state index in [1.165, 1.54) is 35.9 Å². The van der Waals surface area contributed by atoms with Crippen molar-refractivity contribution in [1.29, 1.82) is 0 Å². The van der Waals surface area contributed by atoms with Gasteiger partial charge in [0.05, 0.1) is 16.3 Å². The first-order valence-electron chi connectivity index (χ1n) is 7.65. The molecule has 1 heterocycles. The number of hydrogen-bond donors (Lipinski definition) is 1. The van der Waals surface area contributed by atoms with Crippen molar-refractivity contribution in [3.63, 3.8) is 0 Å². The largest absolute Gasteiger partial charge is 0.292 e. The Labute approximate surface area is 157 Å². The zero-order valence-corrected chi connectivity index (χ0v) is 14.8. The Bertz CT molecular complexity index is 987. The summed E-state index contributed by atoms with van der Waals surface area (Å²) in [5, 5.41) is 26.8. The second-order valence-electron chi connectivity index (χ2n) is 5.20. The topological polar surface area (TPSA) is 128 Å². The van der Waals surface area contributed by atoms with Crippen molar-refractivity contribution >= 4 is 34.0 Å². The minimum absolute atomic E-state index is 0.0345. The highest BCUT2D eigenvalue weighted by Crippen LogP contribution is 2.21. The van der Waals surface area contributed by atoms with Crippen LogP contribution in [0.5, 0.6) is 0 Å². The summed E-state index contributed by atoms with van der Waals surface area (Å²) in [6, 6.07) is 14.9. The van der Waals surface area contributed by atoms with Crippen LogP contribution in [-0.2, 0) is 4.79 Å². The van der Waals surface area contributed by atoms with E-state index in [1.54, 1.807) is 0 Å². The summed E-state index contributed by atoms with van der Waals surface area (Å²) >= 11 is 1.01. The molecule has 136 valence electrons. The van der Waals surface area contributed by atoms with Gasteiger partial charge >= 0.3 is 0 Å². The lowest BCUT2D eigenvalue weighted by atomic mass is 10.3. The van der Waals surface area contributed by atoms with Crippen LogP contribution in [0.2, 0.25) is 0 Å². The van der Waals surface area contributed by atoms with Crippen molar-refractivity contribution in [2.75, 3.05) is 5.43 Å². The van der Waals surface area contributed by atoms with Crippen LogP contribution in [-0.4, -0.2) is 36.0 Å². The summed E-state index contributed by atoms with van der Waals surface area (Å²) in [5.41, 5.74) is 3.92. The Morgan fingerprint density at radius 3 is 2.52 bits per heavy atom. The quantitative estimate of drug-likeness (QED) is 0.226. The van der Waals surface area contributed by atoms with Crippen molar-refractivity contribution in [1.82, 2.24) is 20.2 Å². The minimum Gasteiger partial charge on any atom is -0.292 e. The molecule has 27 heavy (non-hydrogen) atoms. The molecule has 2 aromatic carbocycles. The normalized spacial score (nSPS) is 11.2. The van der Waals surface area contributed by atoms with Gasteiger partial charge in [0, 0.05) is 19.1 Å². The van der Waals surface area contributed by atoms with Crippen molar-refractivity contribution < 1.29 is 9.72 Å². The molecule has 0 radical (unpaired) electrons. The second kappa shape index (κ2) is 8.19. The molecule has 3 aromatic rings. The molecule has 0 fully saturated rings. The van der Waals surface area contributed by atoms with E-state index in [0.29, 0.717) is 10.8 Å². The minimum atomic E-state index is -0.493. The van der Waals surface area contributed by atoms with Crippen molar-refractivity contribution in [3.05, 3.63) is 64.7 Å². The Balaban J connectivity index is 1.79. The van der Waals surface area contributed by atoms with Gasteiger partial charge in [0.25, 0.3) is 5.69 Å². The van der Waals surface area contributed by atoms with Gasteiger partial charge < -0.3 is 0 Å². The number of thioether (sulfide) groups is 1. The number of hydrazone groups is 1. The number of nitrogens with zero attached hydrogens (tertiary/aromatic N) is 6. The summed E-state index contributed by atoms with van der Waals surface area (Å²) in [5.74, 6) is -0.281. The zero-order valence-electron chi connectivity index (χ0n) is 14.0. The van der Waals surface area contributed by atoms with E-state index < -0.39 is 4.92 Å². The molecule has 1 aromatic heterocycles. The average molecular weight is 383 g/mol. The van der Waals surface area contributed by atoms with E-state index >= 15 is 0 Å². The van der Waals surface area contributed by atoms with Gasteiger partial charge in [0.1, 0.15) is 0 Å². The Hall–Kier alpha value is -3.60. The molecule has 0 unspecified atom stereocenters. The molecule has 0 spiro atoms. The van der Waals surface area contributed by atoms with Gasteiger partial charge in [-0.1, -0.05) is 18.2 Å². The third kappa shape index (κ3) is 4.52. The lowest BCUT2D eigenvalue weighted by Gasteiger charge is -2.05. The van der Waals surface area contributed by atoms with Crippen LogP contribution in [0.4, 0.5) is 11.4 Å². The maximum Gasteiger partial charge on any atom is 0.269 e. The number of ketones is 1. The van der Waals surface area contributed by atoms with E-state index in [4.69, 9.17) is 0 Å². The van der Waals surface area contributed by atoms with E-state index in [0.717, 1.165) is 17.4 Å². The van der Waals surface area contributed by atoms with E-state index in [1.807, 2.05) is 30.3 Å². The number of hydrogen-bond acceptors (Lipinski definition) is 9. The SMILES string of the molecule is CC(=O)C(=NNc1ccc([N+](=O)[O-])cc1)Sc1nnnn1-c1ccccc1. The summed E-state index contributed by atoms with van der Waals surface area (Å²) in [6.07, 6.45) is 0. The van der Waals surface area contributed by atoms with Crippen LogP contribution in [0.15, 0.2) is 64.9 Å². The molecule has 0 aliphatic carbocycles. The zero-order chi connectivity index (χ0) is 19.2. The molecule has 0 saturated carbocycles. The molecule has 0 aliphatic rings. The van der Waals surface area contributed by atoms with Crippen LogP contribution in [0.25, 0.3) is 5.69 Å². The van der Waals surface area contributed by atoms with Crippen LogP contribution < -0.4 is 5.43 Å². The third-order valence-corrected chi connectivity index (χ3v) is 4.30. The maximum absolute atomic E-state index is 11.9. The number of nitrogens with one attached hydrogen (secondary N) is 1. The molecular formula is C16H13N7O3S. The monoisotopic (exact) mass is 383 g/mol. The van der Waals surface area contributed by atoms with E-state index in [9.17, 15) is 14.9 Å². The third-order valence-electron chi connectivity index (χ3n) is 3.30. The predicted octanol–water partition coefficient (Wildman–Crippen LogP) is 2.68. The standard InChI is InChI=1S/C16H13N7O3S/c1-11(24)15(18-17-12-7-9-14(10-8-12)23(25)26)27-16-19-20-21-22(16)13-5-3-2-4-6-13/h2-10,17H,1H3. The number of anilines is 1. The van der Waals surface area contributed by atoms with Gasteiger partial charge in [0.15, 0.2) is 10.8 Å². The molecule has 10 nitrogen and oxygen atoms in total. The van der Waals surface area contributed by atoms with Crippen molar-refractivity contribution in [3.8, 4) is 5.69 Å². The van der Waals surface area contributed by atoms with Gasteiger partial charge in [-0.3, -0.25) is 20.3 Å². The van der Waals surface area contributed by atoms with Gasteiger partial charge in [-0.25, -0.2) is 0 Å². The highest BCUT2D eigenvalue weighted by Gasteiger charge is 2.16. The maximum atomic E-state index is 11.9. The number of Topliss-reactive ketones (excluding diaryl/α,β-unsaturated/α-hetero) is 1. The fourth-order valence-corrected chi connectivity index (χ4v) is 2.72. The molecule has 0 aliphatic heterocycles. The Morgan fingerprint density at radius 1 is 1.19 bits per heavy atom. The Morgan fingerprint density at radius 2 is 1.89 bits per heavy atom. The first-order chi connectivity index (χ1) is 13.0. The average Bonchev–Trinajstić information content (AvgIpc) is 3.14. The number of non-ortho nitro benzene ring substituents is 1. The fraction of sp³-hybridized carbons (Fsp3) is 0.0625. The number of nitro groups is 1. The molecule has 3 rings (SSSR count). The molecule has 1 N–H and O–H groups in total. The number of carbonyl (C=O) groups excluding carboxylic acids is 1. The predicted molar refractivity (Wildman–Crippen MR) is 99.8 cm³/mol. The summed E-state index contributed by atoms with van der Waals surface area (Å²) < 4.78 is 1.50. The fourth-order valence-electron chi connectivity index (χ4n) is 2.01. The smallest absolute Gasteiger partial charge is 0.269 e. The van der Waals surface area contributed by atoms with Gasteiger partial charge in [-0.15, -0.1) is 5.10 Å². The number of aromatic nitrogens is 4. The van der Waals surface area contributed by atoms with Crippen LogP contribution in [0, 0.1) is 10.1 Å². The lowest BCUT2D eigenvalue weighted by Crippen LogP contribution is -2.10. The van der Waals surface area contributed by atoms with Crippen LogP contribution in [0.3, 0.4) is 0 Å². The summed E-state index contributed by atoms with van der Waals surface area (Å²) in [6.45, 7) is 1.38. The molecule has 0 bridgehead atoms. The number of para-hydroxylation sites is 1. The number of rotatable bonds is 6. The molecule has 0 amide bonds. The van der Waals surface area contributed by atoms with Gasteiger partial charge in [0.2, 0.25) is 5.16 Å². The first kappa shape index (κ1) is 18.2. The highest BCUT2D eigenvalue weighted by atomic mass is 32.2. The van der Waals surface area contributed by atoms with E-state index in [-0.39, 0.29) is 16.5 Å². The molecular weight excluding hydrogens is 370 g/mol. The molecule has 0 saturated heterocycles. The van der Waals surface area contributed by atoms with Gasteiger partial charge in [-0.2, -0.15) is 9.78 Å². The molecule has 11 heteroatoms. The van der Waals surface area contributed by atoms with Gasteiger partial charge in [-0.05, 0) is 46.5 Å². The highest BCUT2D eigenvalue weighted by molar-refractivity contribution is 8.15. The van der Waals surface area contributed by atoms with Crippen molar-refractivity contribution in [2.45, 2.75) is 12.1 Å². The summed E-state index contributed by atoms with van der Waals surface area (Å²) in [7, 11) is 0. The van der Waals surface area contributed by atoms with E-state index in [2.05, 4.69) is 26.1 Å². The molecule has 0 atom stereocenters. The number of tetrazole rings is 1. The second-order valence-corrected chi connectivity index (χ2v) is 6.16. The lowest BCUT2D eigenvalue weighted by molar-refractivity contribution is -0.384. The number of nitro benzene ring substituents is 1. The summed E-state index contributed by atoms with van der Waals surface area (Å²) in [4.78, 5) is 22.1. The number of benzene rings is 2. The number of carbonyl (C=O) groups is 1. The van der Waals surface area contributed by atoms with Crippen LogP contribution >= 0.6 is 11.8 Å². The first-order valence-corrected chi connectivity index (χ1v) is 8.47. The Kier molecular flexibility index (Phi) is 5.52.